The summed E-state index contributed by atoms with van der Waals surface area (Å²) >= 11 is 6.11. The highest BCUT2D eigenvalue weighted by Crippen LogP contribution is 2.23. The van der Waals surface area contributed by atoms with E-state index in [1.54, 1.807) is 0 Å². The summed E-state index contributed by atoms with van der Waals surface area (Å²) in [5.74, 6) is 1.04. The first kappa shape index (κ1) is 19.5. The van der Waals surface area contributed by atoms with Crippen LogP contribution in [0.4, 0.5) is 0 Å². The number of rotatable bonds is 6. The zero-order valence-corrected chi connectivity index (χ0v) is 16.5. The highest BCUT2D eigenvalue weighted by Gasteiger charge is 2.26. The van der Waals surface area contributed by atoms with Gasteiger partial charge in [-0.3, -0.25) is 14.6 Å². The fourth-order valence-electron chi connectivity index (χ4n) is 3.77. The maximum atomic E-state index is 12.6. The van der Waals surface area contributed by atoms with Crippen LogP contribution in [0.15, 0.2) is 24.3 Å². The number of likely N-dealkylation sites (tertiary alicyclic amines) is 1. The van der Waals surface area contributed by atoms with Gasteiger partial charge in [-0.2, -0.15) is 0 Å². The monoisotopic (exact) mass is 379 g/mol. The highest BCUT2D eigenvalue weighted by atomic mass is 35.5. The summed E-state index contributed by atoms with van der Waals surface area (Å²) in [5.41, 5.74) is 0. The average molecular weight is 380 g/mol. The molecule has 2 aliphatic heterocycles. The Morgan fingerprint density at radius 3 is 2.58 bits per heavy atom. The van der Waals surface area contributed by atoms with Crippen molar-refractivity contribution in [3.05, 3.63) is 29.3 Å². The van der Waals surface area contributed by atoms with Crippen LogP contribution in [0.25, 0.3) is 0 Å². The third-order valence-electron chi connectivity index (χ3n) is 5.45. The van der Waals surface area contributed by atoms with Gasteiger partial charge >= 0.3 is 0 Å². The Morgan fingerprint density at radius 1 is 1.12 bits per heavy atom. The quantitative estimate of drug-likeness (QED) is 0.761. The molecule has 0 spiro atoms. The lowest BCUT2D eigenvalue weighted by Gasteiger charge is -2.38. The van der Waals surface area contributed by atoms with Gasteiger partial charge in [0.15, 0.2) is 0 Å². The van der Waals surface area contributed by atoms with Crippen molar-refractivity contribution in [3.63, 3.8) is 0 Å². The number of nitrogens with zero attached hydrogens (tertiary/aromatic N) is 3. The second kappa shape index (κ2) is 9.58. The lowest BCUT2D eigenvalue weighted by atomic mass is 10.0. The molecule has 2 aliphatic rings. The predicted molar refractivity (Wildman–Crippen MR) is 105 cm³/mol. The summed E-state index contributed by atoms with van der Waals surface area (Å²) < 4.78 is 5.77. The topological polar surface area (TPSA) is 36.0 Å². The molecule has 1 aromatic rings. The van der Waals surface area contributed by atoms with Gasteiger partial charge in [0.05, 0.1) is 11.6 Å². The van der Waals surface area contributed by atoms with Crippen LogP contribution in [-0.2, 0) is 4.79 Å². The van der Waals surface area contributed by atoms with Crippen molar-refractivity contribution in [1.82, 2.24) is 14.7 Å². The van der Waals surface area contributed by atoms with Gasteiger partial charge in [-0.25, -0.2) is 0 Å². The highest BCUT2D eigenvalue weighted by molar-refractivity contribution is 6.32. The molecule has 3 rings (SSSR count). The number of benzene rings is 1. The van der Waals surface area contributed by atoms with E-state index in [-0.39, 0.29) is 0 Å². The first-order valence-electron chi connectivity index (χ1n) is 9.75. The standard InChI is InChI=1S/C20H30ClN3O2/c1-17-6-4-5-9-24(17)20(25)16-23-12-10-22(11-13-23)14-15-26-19-8-3-2-7-18(19)21/h2-3,7-8,17H,4-6,9-16H2,1H3/t17-/m1/s1. The van der Waals surface area contributed by atoms with Gasteiger partial charge in [-0.05, 0) is 38.3 Å². The van der Waals surface area contributed by atoms with Gasteiger partial charge < -0.3 is 9.64 Å². The molecule has 0 radical (unpaired) electrons. The molecule has 2 heterocycles. The van der Waals surface area contributed by atoms with Crippen molar-refractivity contribution in [2.75, 3.05) is 52.4 Å². The third kappa shape index (κ3) is 5.35. The summed E-state index contributed by atoms with van der Waals surface area (Å²) in [6.45, 7) is 9.04. The number of halogens is 1. The van der Waals surface area contributed by atoms with Gasteiger partial charge in [0.25, 0.3) is 0 Å². The molecule has 6 heteroatoms. The van der Waals surface area contributed by atoms with Gasteiger partial charge in [0.2, 0.25) is 5.91 Å². The third-order valence-corrected chi connectivity index (χ3v) is 5.76. The normalized spacial score (nSPS) is 22.4. The number of ether oxygens (including phenoxy) is 1. The van der Waals surface area contributed by atoms with E-state index in [9.17, 15) is 4.79 Å². The van der Waals surface area contributed by atoms with E-state index in [0.29, 0.717) is 30.1 Å². The summed E-state index contributed by atoms with van der Waals surface area (Å²) in [4.78, 5) is 19.3. The average Bonchev–Trinajstić information content (AvgIpc) is 2.65. The van der Waals surface area contributed by atoms with Gasteiger partial charge in [-0.15, -0.1) is 0 Å². The Labute approximate surface area is 161 Å². The van der Waals surface area contributed by atoms with Crippen LogP contribution in [0.5, 0.6) is 5.75 Å². The lowest BCUT2D eigenvalue weighted by molar-refractivity contribution is -0.136. The summed E-state index contributed by atoms with van der Waals surface area (Å²) in [7, 11) is 0. The maximum Gasteiger partial charge on any atom is 0.236 e. The fraction of sp³-hybridized carbons (Fsp3) is 0.650. The van der Waals surface area contributed by atoms with Crippen LogP contribution in [0.3, 0.4) is 0 Å². The van der Waals surface area contributed by atoms with Crippen molar-refractivity contribution in [3.8, 4) is 5.75 Å². The SMILES string of the molecule is C[C@@H]1CCCCN1C(=O)CN1CCN(CCOc2ccccc2Cl)CC1. The molecule has 0 aliphatic carbocycles. The van der Waals surface area contributed by atoms with Crippen molar-refractivity contribution in [2.24, 2.45) is 0 Å². The van der Waals surface area contributed by atoms with Crippen LogP contribution < -0.4 is 4.74 Å². The molecule has 26 heavy (non-hydrogen) atoms. The van der Waals surface area contributed by atoms with Crippen molar-refractivity contribution >= 4 is 17.5 Å². The number of piperazine rings is 1. The Kier molecular flexibility index (Phi) is 7.17. The zero-order chi connectivity index (χ0) is 18.4. The molecule has 0 saturated carbocycles. The minimum Gasteiger partial charge on any atom is -0.491 e. The minimum absolute atomic E-state index is 0.299. The van der Waals surface area contributed by atoms with Crippen LogP contribution in [0, 0.1) is 0 Å². The minimum atomic E-state index is 0.299. The van der Waals surface area contributed by atoms with E-state index in [4.69, 9.17) is 16.3 Å². The number of carbonyl (C=O) groups excluding carboxylic acids is 1. The molecule has 144 valence electrons. The van der Waals surface area contributed by atoms with Gasteiger partial charge in [-0.1, -0.05) is 23.7 Å². The molecular formula is C20H30ClN3O2. The lowest BCUT2D eigenvalue weighted by Crippen LogP contribution is -2.52. The first-order valence-corrected chi connectivity index (χ1v) is 10.1. The summed E-state index contributed by atoms with van der Waals surface area (Å²) in [6, 6.07) is 7.98. The number of amides is 1. The molecule has 0 N–H and O–H groups in total. The predicted octanol–water partition coefficient (Wildman–Crippen LogP) is 2.74. The van der Waals surface area contributed by atoms with Crippen molar-refractivity contribution < 1.29 is 9.53 Å². The number of hydrogen-bond acceptors (Lipinski definition) is 4. The van der Waals surface area contributed by atoms with Crippen LogP contribution >= 0.6 is 11.6 Å². The summed E-state index contributed by atoms with van der Waals surface area (Å²) in [5, 5.41) is 0.655. The molecule has 5 nitrogen and oxygen atoms in total. The van der Waals surface area contributed by atoms with E-state index >= 15 is 0 Å². The Morgan fingerprint density at radius 2 is 1.85 bits per heavy atom. The molecule has 1 aromatic carbocycles. The second-order valence-electron chi connectivity index (χ2n) is 7.33. The summed E-state index contributed by atoms with van der Waals surface area (Å²) in [6.07, 6.45) is 3.54. The molecular weight excluding hydrogens is 350 g/mol. The fourth-order valence-corrected chi connectivity index (χ4v) is 3.96. The molecule has 0 unspecified atom stereocenters. The van der Waals surface area contributed by atoms with Crippen LogP contribution in [0.2, 0.25) is 5.02 Å². The van der Waals surface area contributed by atoms with E-state index in [2.05, 4.69) is 21.6 Å². The van der Waals surface area contributed by atoms with Gasteiger partial charge in [0, 0.05) is 45.3 Å². The smallest absolute Gasteiger partial charge is 0.236 e. The van der Waals surface area contributed by atoms with Crippen LogP contribution in [0.1, 0.15) is 26.2 Å². The number of hydrogen-bond donors (Lipinski definition) is 0. The first-order chi connectivity index (χ1) is 12.6. The van der Waals surface area contributed by atoms with Crippen molar-refractivity contribution in [2.45, 2.75) is 32.2 Å². The Hall–Kier alpha value is -1.30. The molecule has 2 fully saturated rings. The molecule has 0 aromatic heterocycles. The van der Waals surface area contributed by atoms with Crippen molar-refractivity contribution in [1.29, 1.82) is 0 Å². The zero-order valence-electron chi connectivity index (χ0n) is 15.7. The number of carbonyl (C=O) groups is 1. The molecule has 0 bridgehead atoms. The Bertz CT molecular complexity index is 590. The van der Waals surface area contributed by atoms with E-state index in [0.717, 1.165) is 57.9 Å². The number of piperidine rings is 1. The second-order valence-corrected chi connectivity index (χ2v) is 7.74. The number of para-hydroxylation sites is 1. The van der Waals surface area contributed by atoms with E-state index in [1.807, 2.05) is 24.3 Å². The maximum absolute atomic E-state index is 12.6. The van der Waals surface area contributed by atoms with E-state index in [1.165, 1.54) is 6.42 Å². The van der Waals surface area contributed by atoms with Gasteiger partial charge in [0.1, 0.15) is 12.4 Å². The molecule has 1 amide bonds. The molecule has 2 saturated heterocycles. The van der Waals surface area contributed by atoms with Crippen LogP contribution in [-0.4, -0.2) is 79.1 Å². The largest absolute Gasteiger partial charge is 0.491 e. The molecule has 1 atom stereocenters. The van der Waals surface area contributed by atoms with E-state index < -0.39 is 0 Å². The Balaban J connectivity index is 1.35.